The van der Waals surface area contributed by atoms with Gasteiger partial charge in [0.05, 0.1) is 17.8 Å². The average Bonchev–Trinajstić information content (AvgIpc) is 3.17. The first-order chi connectivity index (χ1) is 11.0. The second kappa shape index (κ2) is 7.07. The van der Waals surface area contributed by atoms with Gasteiger partial charge < -0.3 is 9.84 Å². The van der Waals surface area contributed by atoms with Gasteiger partial charge in [-0.05, 0) is 24.7 Å². The van der Waals surface area contributed by atoms with Crippen molar-refractivity contribution in [3.05, 3.63) is 0 Å². The fourth-order valence-electron chi connectivity index (χ4n) is 4.44. The first kappa shape index (κ1) is 17.2. The third-order valence-electron chi connectivity index (χ3n) is 5.72. The van der Waals surface area contributed by atoms with Gasteiger partial charge in [0.2, 0.25) is 10.0 Å². The molecule has 1 saturated carbocycles. The van der Waals surface area contributed by atoms with E-state index in [1.165, 1.54) is 10.7 Å². The van der Waals surface area contributed by atoms with Crippen molar-refractivity contribution in [1.82, 2.24) is 4.31 Å². The molecular formula is C16H27NO5S. The summed E-state index contributed by atoms with van der Waals surface area (Å²) >= 11 is 0. The molecule has 0 bridgehead atoms. The van der Waals surface area contributed by atoms with Crippen LogP contribution in [-0.2, 0) is 19.6 Å². The van der Waals surface area contributed by atoms with Gasteiger partial charge in [0.15, 0.2) is 0 Å². The number of rotatable bonds is 5. The molecule has 1 N–H and O–H groups in total. The van der Waals surface area contributed by atoms with Gasteiger partial charge in [-0.2, -0.15) is 0 Å². The topological polar surface area (TPSA) is 83.9 Å². The number of carboxylic acid groups (broad SMARTS) is 1. The second-order valence-corrected chi connectivity index (χ2v) is 9.25. The molecule has 0 aromatic rings. The summed E-state index contributed by atoms with van der Waals surface area (Å²) in [5, 5.41) is 9.54. The molecule has 0 radical (unpaired) electrons. The standard InChI is InChI=1S/C16H27NO5S/c18-16(19)15-10-17(9-14(15)12-5-2-1-3-6-12)23(20,21)11-13-7-4-8-22-13/h12-15H,1-11H2,(H,18,19)/t13?,14-,15+/m0/s1. The van der Waals surface area contributed by atoms with Crippen LogP contribution in [0.4, 0.5) is 0 Å². The van der Waals surface area contributed by atoms with Crippen LogP contribution < -0.4 is 0 Å². The van der Waals surface area contributed by atoms with Gasteiger partial charge in [0, 0.05) is 19.7 Å². The Bertz CT molecular complexity index is 523. The number of carboxylic acids is 1. The molecule has 0 amide bonds. The maximum Gasteiger partial charge on any atom is 0.308 e. The van der Waals surface area contributed by atoms with Crippen LogP contribution in [0.3, 0.4) is 0 Å². The predicted octanol–water partition coefficient (Wildman–Crippen LogP) is 1.71. The Kier molecular flexibility index (Phi) is 5.28. The molecule has 0 aromatic carbocycles. The van der Waals surface area contributed by atoms with E-state index in [4.69, 9.17) is 4.74 Å². The smallest absolute Gasteiger partial charge is 0.308 e. The molecule has 1 unspecified atom stereocenters. The third-order valence-corrected chi connectivity index (χ3v) is 7.60. The summed E-state index contributed by atoms with van der Waals surface area (Å²) in [6.45, 7) is 1.13. The molecule has 23 heavy (non-hydrogen) atoms. The van der Waals surface area contributed by atoms with E-state index >= 15 is 0 Å². The number of carbonyl (C=O) groups is 1. The molecule has 3 atom stereocenters. The molecule has 0 spiro atoms. The van der Waals surface area contributed by atoms with E-state index < -0.39 is 21.9 Å². The molecule has 3 rings (SSSR count). The zero-order chi connectivity index (χ0) is 16.4. The van der Waals surface area contributed by atoms with Crippen molar-refractivity contribution in [3.8, 4) is 0 Å². The Hall–Kier alpha value is -0.660. The lowest BCUT2D eigenvalue weighted by molar-refractivity contribution is -0.143. The Morgan fingerprint density at radius 3 is 2.43 bits per heavy atom. The highest BCUT2D eigenvalue weighted by atomic mass is 32.2. The minimum Gasteiger partial charge on any atom is -0.481 e. The number of hydrogen-bond donors (Lipinski definition) is 1. The summed E-state index contributed by atoms with van der Waals surface area (Å²) < 4.78 is 32.1. The van der Waals surface area contributed by atoms with E-state index in [0.717, 1.165) is 38.5 Å². The number of nitrogens with zero attached hydrogens (tertiary/aromatic N) is 1. The van der Waals surface area contributed by atoms with Crippen LogP contribution in [0.2, 0.25) is 0 Å². The minimum absolute atomic E-state index is 0.00325. The van der Waals surface area contributed by atoms with Crippen molar-refractivity contribution in [2.75, 3.05) is 25.4 Å². The SMILES string of the molecule is O=C(O)[C@@H]1CN(S(=O)(=O)CC2CCCO2)C[C@H]1C1CCCCC1. The van der Waals surface area contributed by atoms with Crippen molar-refractivity contribution in [2.45, 2.75) is 51.0 Å². The lowest BCUT2D eigenvalue weighted by Crippen LogP contribution is -2.36. The molecular weight excluding hydrogens is 318 g/mol. The first-order valence-corrected chi connectivity index (χ1v) is 10.4. The summed E-state index contributed by atoms with van der Waals surface area (Å²) in [7, 11) is -3.44. The number of ether oxygens (including phenoxy) is 1. The first-order valence-electron chi connectivity index (χ1n) is 8.79. The Balaban J connectivity index is 1.69. The van der Waals surface area contributed by atoms with Crippen molar-refractivity contribution in [2.24, 2.45) is 17.8 Å². The van der Waals surface area contributed by atoms with Gasteiger partial charge in [-0.3, -0.25) is 4.79 Å². The Morgan fingerprint density at radius 2 is 1.83 bits per heavy atom. The molecule has 2 saturated heterocycles. The molecule has 3 fully saturated rings. The minimum atomic E-state index is -3.44. The maximum absolute atomic E-state index is 12.6. The second-order valence-electron chi connectivity index (χ2n) is 7.24. The van der Waals surface area contributed by atoms with Crippen LogP contribution in [0, 0.1) is 17.8 Å². The third kappa shape index (κ3) is 3.88. The highest BCUT2D eigenvalue weighted by Gasteiger charge is 2.46. The zero-order valence-corrected chi connectivity index (χ0v) is 14.3. The quantitative estimate of drug-likeness (QED) is 0.820. The summed E-state index contributed by atoms with van der Waals surface area (Å²) in [4.78, 5) is 11.6. The number of hydrogen-bond acceptors (Lipinski definition) is 4. The van der Waals surface area contributed by atoms with Gasteiger partial charge in [0.1, 0.15) is 0 Å². The van der Waals surface area contributed by atoms with E-state index in [2.05, 4.69) is 0 Å². The van der Waals surface area contributed by atoms with Crippen LogP contribution in [0.25, 0.3) is 0 Å². The molecule has 2 heterocycles. The lowest BCUT2D eigenvalue weighted by Gasteiger charge is -2.29. The van der Waals surface area contributed by atoms with Crippen molar-refractivity contribution in [1.29, 1.82) is 0 Å². The van der Waals surface area contributed by atoms with Crippen LogP contribution in [0.1, 0.15) is 44.9 Å². The highest BCUT2D eigenvalue weighted by Crippen LogP contribution is 2.39. The molecule has 6 nitrogen and oxygen atoms in total. The predicted molar refractivity (Wildman–Crippen MR) is 85.5 cm³/mol. The monoisotopic (exact) mass is 345 g/mol. The number of sulfonamides is 1. The Labute approximate surface area is 138 Å². The highest BCUT2D eigenvalue weighted by molar-refractivity contribution is 7.89. The van der Waals surface area contributed by atoms with Crippen LogP contribution >= 0.6 is 0 Å². The summed E-state index contributed by atoms with van der Waals surface area (Å²) in [5.41, 5.74) is 0. The zero-order valence-electron chi connectivity index (χ0n) is 13.5. The summed E-state index contributed by atoms with van der Waals surface area (Å²) in [6, 6.07) is 0. The van der Waals surface area contributed by atoms with Crippen molar-refractivity contribution in [3.63, 3.8) is 0 Å². The van der Waals surface area contributed by atoms with Crippen molar-refractivity contribution >= 4 is 16.0 Å². The maximum atomic E-state index is 12.6. The Morgan fingerprint density at radius 1 is 1.09 bits per heavy atom. The van der Waals surface area contributed by atoms with Gasteiger partial charge >= 0.3 is 5.97 Å². The largest absolute Gasteiger partial charge is 0.481 e. The molecule has 132 valence electrons. The van der Waals surface area contributed by atoms with Gasteiger partial charge in [0.25, 0.3) is 0 Å². The molecule has 3 aliphatic rings. The lowest BCUT2D eigenvalue weighted by atomic mass is 9.75. The van der Waals surface area contributed by atoms with Crippen LogP contribution in [0.15, 0.2) is 0 Å². The van der Waals surface area contributed by atoms with Gasteiger partial charge in [-0.1, -0.05) is 32.1 Å². The summed E-state index contributed by atoms with van der Waals surface area (Å²) in [5.74, 6) is -1.09. The van der Waals surface area contributed by atoms with E-state index in [1.807, 2.05) is 0 Å². The van der Waals surface area contributed by atoms with E-state index in [9.17, 15) is 18.3 Å². The van der Waals surface area contributed by atoms with Gasteiger partial charge in [-0.15, -0.1) is 0 Å². The normalized spacial score (nSPS) is 34.0. The fourth-order valence-corrected chi connectivity index (χ4v) is 6.17. The molecule has 0 aromatic heterocycles. The van der Waals surface area contributed by atoms with Crippen LogP contribution in [-0.4, -0.2) is 55.4 Å². The van der Waals surface area contributed by atoms with E-state index in [0.29, 0.717) is 19.1 Å². The summed E-state index contributed by atoms with van der Waals surface area (Å²) in [6.07, 6.45) is 7.01. The van der Waals surface area contributed by atoms with E-state index in [1.54, 1.807) is 0 Å². The number of aliphatic carboxylic acids is 1. The van der Waals surface area contributed by atoms with Crippen LogP contribution in [0.5, 0.6) is 0 Å². The van der Waals surface area contributed by atoms with Gasteiger partial charge in [-0.25, -0.2) is 12.7 Å². The molecule has 1 aliphatic carbocycles. The van der Waals surface area contributed by atoms with E-state index in [-0.39, 0.29) is 24.3 Å². The molecule has 7 heteroatoms. The average molecular weight is 345 g/mol. The molecule has 2 aliphatic heterocycles. The fraction of sp³-hybridized carbons (Fsp3) is 0.938. The van der Waals surface area contributed by atoms with Crippen molar-refractivity contribution < 1.29 is 23.1 Å².